The van der Waals surface area contributed by atoms with Crippen molar-refractivity contribution in [3.63, 3.8) is 0 Å². The number of carbonyl (C=O) groups is 2. The zero-order valence-corrected chi connectivity index (χ0v) is 44.0. The Bertz CT molecular complexity index is 2910. The number of piperazine rings is 1. The van der Waals surface area contributed by atoms with Crippen molar-refractivity contribution in [2.24, 2.45) is 34.4 Å². The van der Waals surface area contributed by atoms with Gasteiger partial charge in [0.05, 0.1) is 48.7 Å². The fraction of sp³-hybridized carbons (Fsp3) is 0.627. The highest BCUT2D eigenvalue weighted by Gasteiger charge is 2.56. The van der Waals surface area contributed by atoms with Crippen LogP contribution in [0.1, 0.15) is 52.5 Å². The summed E-state index contributed by atoms with van der Waals surface area (Å²) >= 11 is 0. The maximum absolute atomic E-state index is 15.6. The minimum Gasteiger partial charge on any atom is -0.477 e. The first-order chi connectivity index (χ1) is 38.7. The molecule has 0 spiro atoms. The van der Waals surface area contributed by atoms with Gasteiger partial charge in [0.2, 0.25) is 5.43 Å². The summed E-state index contributed by atoms with van der Waals surface area (Å²) in [6, 6.07) is 6.14. The molecule has 0 radical (unpaired) electrons. The van der Waals surface area contributed by atoms with E-state index in [2.05, 4.69) is 20.5 Å². The number of fused-ring (bicyclic) bond motifs is 1. The van der Waals surface area contributed by atoms with Gasteiger partial charge >= 0.3 is 5.97 Å². The second-order valence-electron chi connectivity index (χ2n) is 21.8. The van der Waals surface area contributed by atoms with Crippen LogP contribution in [-0.2, 0) is 52.8 Å². The zero-order chi connectivity index (χ0) is 57.7. The maximum atomic E-state index is 15.6. The quantitative estimate of drug-likeness (QED) is 0.0441. The number of aromatic carboxylic acids is 1. The lowest BCUT2D eigenvalue weighted by Gasteiger charge is -2.47. The first kappa shape index (κ1) is 58.9. The molecule has 19 atom stereocenters. The van der Waals surface area contributed by atoms with Crippen LogP contribution >= 0.6 is 0 Å². The number of amides is 1. The molecule has 6 aliphatic rings. The van der Waals surface area contributed by atoms with Crippen LogP contribution in [0.5, 0.6) is 0 Å². The van der Waals surface area contributed by atoms with Crippen molar-refractivity contribution >= 4 is 28.5 Å². The number of carboxylic acids is 1. The van der Waals surface area contributed by atoms with E-state index in [1.165, 1.54) is 6.20 Å². The van der Waals surface area contributed by atoms with Crippen molar-refractivity contribution < 1.29 is 78.1 Å². The van der Waals surface area contributed by atoms with Gasteiger partial charge in [0, 0.05) is 75.5 Å². The highest BCUT2D eigenvalue weighted by Crippen LogP contribution is 2.39. The number of aromatic nitrogens is 4. The predicted octanol–water partition coefficient (Wildman–Crippen LogP) is -6.12. The van der Waals surface area contributed by atoms with Crippen molar-refractivity contribution in [3.05, 3.63) is 87.2 Å². The molecule has 2 aliphatic carbocycles. The fourth-order valence-electron chi connectivity index (χ4n) is 11.2. The number of nitrogens with zero attached hydrogens (tertiary/aromatic N) is 6. The molecule has 6 fully saturated rings. The third-order valence-electron chi connectivity index (χ3n) is 16.1. The van der Waals surface area contributed by atoms with Crippen molar-refractivity contribution in [2.45, 2.75) is 161 Å². The van der Waals surface area contributed by atoms with Gasteiger partial charge in [-0.15, -0.1) is 5.10 Å². The number of aliphatic hydroxyl groups is 6. The van der Waals surface area contributed by atoms with Crippen LogP contribution in [-0.4, -0.2) is 228 Å². The van der Waals surface area contributed by atoms with E-state index in [1.807, 2.05) is 29.2 Å². The number of halogens is 1. The summed E-state index contributed by atoms with van der Waals surface area (Å²) in [5.41, 5.74) is 38.8. The van der Waals surface area contributed by atoms with Gasteiger partial charge in [-0.1, -0.05) is 29.5 Å². The Labute approximate surface area is 462 Å². The molecule has 29 nitrogen and oxygen atoms in total. The summed E-state index contributed by atoms with van der Waals surface area (Å²) in [5.74, 6) is -2.77. The van der Waals surface area contributed by atoms with Gasteiger partial charge in [-0.2, -0.15) is 0 Å². The number of nitrogens with one attached hydrogen (secondary N) is 1. The van der Waals surface area contributed by atoms with Crippen molar-refractivity contribution in [3.8, 4) is 0 Å². The largest absolute Gasteiger partial charge is 0.477 e. The van der Waals surface area contributed by atoms with Crippen LogP contribution in [0, 0.1) is 5.82 Å². The van der Waals surface area contributed by atoms with Crippen LogP contribution in [0.2, 0.25) is 0 Å². The molecule has 30 heteroatoms. The summed E-state index contributed by atoms with van der Waals surface area (Å²) in [7, 11) is 0. The Kier molecular flexibility index (Phi) is 17.8. The lowest BCUT2D eigenvalue weighted by molar-refractivity contribution is -0.306. The Morgan fingerprint density at radius 3 is 1.90 bits per heavy atom. The van der Waals surface area contributed by atoms with E-state index in [1.54, 1.807) is 21.5 Å². The first-order valence-corrected chi connectivity index (χ1v) is 27.0. The van der Waals surface area contributed by atoms with Crippen LogP contribution in [0.15, 0.2) is 53.6 Å². The number of pyridine rings is 1. The lowest BCUT2D eigenvalue weighted by atomic mass is 9.84. The van der Waals surface area contributed by atoms with Gasteiger partial charge in [-0.3, -0.25) is 14.5 Å². The topological polar surface area (TPSA) is 458 Å². The Balaban J connectivity index is 0.765. The number of nitrogens with two attached hydrogens (primary N) is 6. The van der Waals surface area contributed by atoms with E-state index >= 15 is 4.39 Å². The molecule has 10 rings (SSSR count). The number of carboxylic acid groups (broad SMARTS) is 1. The van der Waals surface area contributed by atoms with E-state index in [0.717, 1.165) is 30.0 Å². The SMILES string of the molecule is NC[C@@H]1O[C@H](O[C@H]2[C@@H](O)[C@H](O[C@@H]3[C@@H](O)[C@H](N)C[C@H](N)[C@H]3O[C@H]3O[C@H](CN)[C@@H](O)[C@H](O)[C@H]3N)O[C@@H]2C(=O)NCc2cn(Cc3ccc(CN4CCN(c5cc6c(cc5F)c(=O)c(C(=O)O)cn6C5CC5)CC4)cc3)nn2)[C@H](N)[C@@H](O)[C@@H]1O. The molecule has 4 saturated heterocycles. The summed E-state index contributed by atoms with van der Waals surface area (Å²) in [4.78, 5) is 43.1. The molecule has 0 bridgehead atoms. The summed E-state index contributed by atoms with van der Waals surface area (Å²) < 4.78 is 55.0. The molecule has 2 aromatic carbocycles. The fourth-order valence-corrected chi connectivity index (χ4v) is 11.2. The monoisotopic (exact) mass is 1140 g/mol. The number of aliphatic hydroxyl groups excluding tert-OH is 6. The summed E-state index contributed by atoms with van der Waals surface area (Å²) in [6.07, 6.45) is -17.9. The Hall–Kier alpha value is -5.30. The highest BCUT2D eigenvalue weighted by atomic mass is 19.1. The van der Waals surface area contributed by atoms with Gasteiger partial charge in [0.25, 0.3) is 5.91 Å². The number of benzene rings is 2. The van der Waals surface area contributed by atoms with Gasteiger partial charge < -0.3 is 113 Å². The normalized spacial score (nSPS) is 35.8. The molecular weight excluding hydrogens is 1070 g/mol. The summed E-state index contributed by atoms with van der Waals surface area (Å²) in [6.45, 7) is 2.64. The average Bonchev–Trinajstić information content (AvgIpc) is 4.25. The van der Waals surface area contributed by atoms with Crippen molar-refractivity contribution in [1.29, 1.82) is 0 Å². The van der Waals surface area contributed by atoms with E-state index in [-0.39, 0.29) is 43.0 Å². The molecule has 4 aromatic rings. The maximum Gasteiger partial charge on any atom is 0.341 e. The second kappa shape index (κ2) is 24.5. The standard InChI is InChI=1S/C51H72FN13O16/c52-27-11-25-30(65(24-5-6-24)20-26(36(25)66)48(74)75)13-31(27)63-9-7-62(8-10-63)17-21-1-3-22(4-2-21)18-64-19-23(60-61-64)16-59-47(73)46-45(79-50-35(58)41(71)39(69)33(15-54)77-50)42(72)51(81-46)80-44-37(67)28(55)12-29(56)43(44)78-49-34(57)40(70)38(68)32(14-53)76-49/h1-4,11,13,19-20,24,28-29,32-35,37-46,49-51,67-72H,5-10,12,14-18,53-58H2,(H,59,73)(H,74,75)/t28-,29+,32-,33+,34-,35-,37+,38-,39-,40-,41-,42-,43-,44-,45+,46+,49-,50-,51-/m1/s1. The first-order valence-electron chi connectivity index (χ1n) is 27.0. The number of rotatable bonds is 18. The second-order valence-corrected chi connectivity index (χ2v) is 21.8. The minimum absolute atomic E-state index is 0.00523. The molecule has 0 unspecified atom stereocenters. The number of anilines is 1. The van der Waals surface area contributed by atoms with Crippen molar-refractivity contribution in [2.75, 3.05) is 44.2 Å². The van der Waals surface area contributed by atoms with Crippen LogP contribution in [0.3, 0.4) is 0 Å². The zero-order valence-electron chi connectivity index (χ0n) is 44.0. The molecule has 2 aromatic heterocycles. The number of carbonyl (C=O) groups excluding carboxylic acids is 1. The molecule has 81 heavy (non-hydrogen) atoms. The van der Waals surface area contributed by atoms with Gasteiger partial charge in [0.15, 0.2) is 25.0 Å². The van der Waals surface area contributed by atoms with Gasteiger partial charge in [0.1, 0.15) is 78.1 Å². The molecular formula is C51H72FN13O16. The van der Waals surface area contributed by atoms with E-state index in [4.69, 9.17) is 62.8 Å². The van der Waals surface area contributed by atoms with E-state index in [9.17, 15) is 50.1 Å². The Morgan fingerprint density at radius 1 is 0.716 bits per heavy atom. The molecule has 4 aliphatic heterocycles. The third kappa shape index (κ3) is 12.2. The van der Waals surface area contributed by atoms with Gasteiger partial charge in [-0.05, 0) is 42.5 Å². The minimum atomic E-state index is -1.86. The molecule has 20 N–H and O–H groups in total. The van der Waals surface area contributed by atoms with Crippen LogP contribution in [0.4, 0.5) is 10.1 Å². The number of hydrogen-bond acceptors (Lipinski definition) is 25. The molecule has 6 heterocycles. The number of hydrogen-bond donors (Lipinski definition) is 14. The van der Waals surface area contributed by atoms with E-state index in [0.29, 0.717) is 56.2 Å². The predicted molar refractivity (Wildman–Crippen MR) is 280 cm³/mol. The molecule has 444 valence electrons. The molecule has 2 saturated carbocycles. The third-order valence-corrected chi connectivity index (χ3v) is 16.1. The molecule has 1 amide bonds. The average molecular weight is 1140 g/mol. The van der Waals surface area contributed by atoms with Crippen LogP contribution < -0.4 is 50.0 Å². The van der Waals surface area contributed by atoms with E-state index < -0.39 is 139 Å². The van der Waals surface area contributed by atoms with Gasteiger partial charge in [-0.25, -0.2) is 13.9 Å². The van der Waals surface area contributed by atoms with Crippen molar-refractivity contribution in [1.82, 2.24) is 29.8 Å². The summed E-state index contributed by atoms with van der Waals surface area (Å²) in [5, 5.41) is 86.5. The smallest absolute Gasteiger partial charge is 0.341 e. The Morgan fingerprint density at radius 2 is 1.31 bits per heavy atom. The van der Waals surface area contributed by atoms with Crippen LogP contribution in [0.25, 0.3) is 10.9 Å². The highest BCUT2D eigenvalue weighted by molar-refractivity contribution is 5.93. The number of ether oxygens (including phenoxy) is 6. The lowest BCUT2D eigenvalue weighted by Crippen LogP contribution is -2.68.